The van der Waals surface area contributed by atoms with Gasteiger partial charge in [-0.3, -0.25) is 4.79 Å². The van der Waals surface area contributed by atoms with Crippen LogP contribution in [0.4, 0.5) is 5.82 Å². The number of hydrogen-bond acceptors (Lipinski definition) is 7. The third kappa shape index (κ3) is 4.70. The highest BCUT2D eigenvalue weighted by Gasteiger charge is 2.29. The zero-order valence-corrected chi connectivity index (χ0v) is 19.6. The van der Waals surface area contributed by atoms with Gasteiger partial charge in [-0.05, 0) is 50.3 Å². The number of nitrogens with zero attached hydrogens (tertiary/aromatic N) is 5. The quantitative estimate of drug-likeness (QED) is 0.469. The molecule has 2 aromatic heterocycles. The van der Waals surface area contributed by atoms with Crippen molar-refractivity contribution in [2.75, 3.05) is 31.1 Å². The molecular weight excluding hydrogens is 430 g/mol. The summed E-state index contributed by atoms with van der Waals surface area (Å²) in [5.74, 6) is 1.97. The molecule has 0 saturated carbocycles. The number of carbonyl (C=O) groups excluding carboxylic acids is 1. The Kier molecular flexibility index (Phi) is 6.89. The number of amides is 1. The molecule has 34 heavy (non-hydrogen) atoms. The van der Waals surface area contributed by atoms with E-state index in [2.05, 4.69) is 37.0 Å². The lowest BCUT2D eigenvalue weighted by atomic mass is 9.98. The summed E-state index contributed by atoms with van der Waals surface area (Å²) in [5.41, 5.74) is 9.54. The van der Waals surface area contributed by atoms with E-state index >= 15 is 0 Å². The van der Waals surface area contributed by atoms with E-state index in [9.17, 15) is 4.79 Å². The molecule has 5 rings (SSSR count). The van der Waals surface area contributed by atoms with E-state index in [-0.39, 0.29) is 11.9 Å². The summed E-state index contributed by atoms with van der Waals surface area (Å²) in [6, 6.07) is 6.46. The van der Waals surface area contributed by atoms with Crippen molar-refractivity contribution in [3.05, 3.63) is 42.0 Å². The number of rotatable bonds is 9. The first-order valence-electron chi connectivity index (χ1n) is 12.4. The molecule has 1 aromatic carbocycles. The van der Waals surface area contributed by atoms with Crippen molar-refractivity contribution in [1.82, 2.24) is 24.8 Å². The molecule has 2 aliphatic rings. The second kappa shape index (κ2) is 10.4. The summed E-state index contributed by atoms with van der Waals surface area (Å²) in [6.07, 6.45) is 9.73. The molecule has 0 aliphatic carbocycles. The average Bonchev–Trinajstić information content (AvgIpc) is 3.54. The summed E-state index contributed by atoms with van der Waals surface area (Å²) in [7, 11) is 0. The predicted molar refractivity (Wildman–Crippen MR) is 131 cm³/mol. The van der Waals surface area contributed by atoms with Gasteiger partial charge in [0.1, 0.15) is 24.2 Å². The van der Waals surface area contributed by atoms with Crippen molar-refractivity contribution in [2.24, 2.45) is 5.73 Å². The summed E-state index contributed by atoms with van der Waals surface area (Å²) >= 11 is 0. The van der Waals surface area contributed by atoms with Crippen LogP contribution in [-0.2, 0) is 17.8 Å². The number of carbonyl (C=O) groups is 1. The van der Waals surface area contributed by atoms with Gasteiger partial charge in [-0.2, -0.15) is 0 Å². The van der Waals surface area contributed by atoms with E-state index < -0.39 is 0 Å². The van der Waals surface area contributed by atoms with Gasteiger partial charge < -0.3 is 25.3 Å². The molecule has 1 amide bonds. The number of H-pyrrole nitrogens is 1. The SMILES string of the molecule is NCCCCCC(=O)N1CCc2cccc(OCC3CCCN3c3ncnc4[nH]cnc34)c2C1. The maximum Gasteiger partial charge on any atom is 0.222 e. The Morgan fingerprint density at radius 2 is 2.12 bits per heavy atom. The highest BCUT2D eigenvalue weighted by atomic mass is 16.5. The average molecular weight is 464 g/mol. The molecule has 2 aliphatic heterocycles. The third-order valence-corrected chi connectivity index (χ3v) is 6.96. The highest BCUT2D eigenvalue weighted by molar-refractivity contribution is 5.83. The van der Waals surface area contributed by atoms with E-state index in [4.69, 9.17) is 10.5 Å². The van der Waals surface area contributed by atoms with Crippen LogP contribution in [0, 0.1) is 0 Å². The number of ether oxygens (including phenoxy) is 1. The molecule has 0 bridgehead atoms. The number of benzene rings is 1. The van der Waals surface area contributed by atoms with Crippen molar-refractivity contribution in [3.63, 3.8) is 0 Å². The molecule has 0 spiro atoms. The number of aromatic amines is 1. The molecule has 1 atom stereocenters. The zero-order valence-electron chi connectivity index (χ0n) is 19.6. The Morgan fingerprint density at radius 3 is 3.03 bits per heavy atom. The maximum absolute atomic E-state index is 12.8. The van der Waals surface area contributed by atoms with Gasteiger partial charge in [-0.15, -0.1) is 0 Å². The van der Waals surface area contributed by atoms with E-state index in [0.29, 0.717) is 26.1 Å². The number of anilines is 1. The van der Waals surface area contributed by atoms with Crippen LogP contribution < -0.4 is 15.4 Å². The van der Waals surface area contributed by atoms with Gasteiger partial charge in [-0.25, -0.2) is 15.0 Å². The van der Waals surface area contributed by atoms with Crippen molar-refractivity contribution >= 4 is 22.9 Å². The lowest BCUT2D eigenvalue weighted by Crippen LogP contribution is -2.37. The van der Waals surface area contributed by atoms with Crippen LogP contribution in [0.2, 0.25) is 0 Å². The van der Waals surface area contributed by atoms with E-state index in [1.54, 1.807) is 12.7 Å². The molecule has 9 nitrogen and oxygen atoms in total. The first kappa shape index (κ1) is 22.6. The van der Waals surface area contributed by atoms with Crippen molar-refractivity contribution < 1.29 is 9.53 Å². The summed E-state index contributed by atoms with van der Waals surface area (Å²) in [4.78, 5) is 33.3. The monoisotopic (exact) mass is 463 g/mol. The second-order valence-corrected chi connectivity index (χ2v) is 9.16. The number of nitrogens with one attached hydrogen (secondary N) is 1. The maximum atomic E-state index is 12.8. The molecule has 1 saturated heterocycles. The van der Waals surface area contributed by atoms with Gasteiger partial charge in [0, 0.05) is 31.6 Å². The lowest BCUT2D eigenvalue weighted by molar-refractivity contribution is -0.132. The van der Waals surface area contributed by atoms with Crippen LogP contribution >= 0.6 is 0 Å². The van der Waals surface area contributed by atoms with Crippen LogP contribution in [0.1, 0.15) is 49.7 Å². The Balaban J connectivity index is 1.25. The van der Waals surface area contributed by atoms with Gasteiger partial charge in [0.05, 0.1) is 12.4 Å². The molecule has 1 unspecified atom stereocenters. The molecule has 180 valence electrons. The molecule has 3 aromatic rings. The number of fused-ring (bicyclic) bond motifs is 2. The molecule has 1 fully saturated rings. The van der Waals surface area contributed by atoms with Crippen LogP contribution in [-0.4, -0.2) is 63.0 Å². The topological polar surface area (TPSA) is 113 Å². The van der Waals surface area contributed by atoms with Gasteiger partial charge >= 0.3 is 0 Å². The third-order valence-electron chi connectivity index (χ3n) is 6.96. The minimum Gasteiger partial charge on any atom is -0.491 e. The fourth-order valence-corrected chi connectivity index (χ4v) is 5.09. The second-order valence-electron chi connectivity index (χ2n) is 9.16. The van der Waals surface area contributed by atoms with E-state index in [1.807, 2.05) is 11.0 Å². The number of nitrogens with two attached hydrogens (primary N) is 1. The van der Waals surface area contributed by atoms with E-state index in [1.165, 1.54) is 5.56 Å². The van der Waals surface area contributed by atoms with Crippen LogP contribution in [0.3, 0.4) is 0 Å². The first-order valence-corrected chi connectivity index (χ1v) is 12.4. The van der Waals surface area contributed by atoms with Crippen LogP contribution in [0.25, 0.3) is 11.2 Å². The normalized spacial score (nSPS) is 17.9. The van der Waals surface area contributed by atoms with Crippen molar-refractivity contribution in [1.29, 1.82) is 0 Å². The fraction of sp³-hybridized carbons (Fsp3) is 0.520. The highest BCUT2D eigenvalue weighted by Crippen LogP contribution is 2.31. The number of unbranched alkanes of at least 4 members (excludes halogenated alkanes) is 2. The Labute approximate surface area is 199 Å². The van der Waals surface area contributed by atoms with Crippen LogP contribution in [0.5, 0.6) is 5.75 Å². The van der Waals surface area contributed by atoms with Gasteiger partial charge in [0.2, 0.25) is 5.91 Å². The Bertz CT molecular complexity index is 1130. The lowest BCUT2D eigenvalue weighted by Gasteiger charge is -2.31. The fourth-order valence-electron chi connectivity index (χ4n) is 5.09. The number of imidazole rings is 1. The zero-order chi connectivity index (χ0) is 23.3. The largest absolute Gasteiger partial charge is 0.491 e. The Morgan fingerprint density at radius 1 is 1.18 bits per heavy atom. The number of hydrogen-bond donors (Lipinski definition) is 2. The van der Waals surface area contributed by atoms with E-state index in [0.717, 1.165) is 79.9 Å². The molecule has 0 radical (unpaired) electrons. The standard InChI is InChI=1S/C25H33N7O2/c26-11-3-1-2-9-22(33)31-13-10-18-6-4-8-21(20(18)14-31)34-15-19-7-5-12-32(19)25-23-24(28-16-27-23)29-17-30-25/h4,6,8,16-17,19H,1-3,5,7,9-15,26H2,(H,27,28,29,30). The molecule has 4 heterocycles. The smallest absolute Gasteiger partial charge is 0.222 e. The van der Waals surface area contributed by atoms with Gasteiger partial charge in [0.15, 0.2) is 11.5 Å². The van der Waals surface area contributed by atoms with Gasteiger partial charge in [0.25, 0.3) is 0 Å². The van der Waals surface area contributed by atoms with Crippen LogP contribution in [0.15, 0.2) is 30.9 Å². The summed E-state index contributed by atoms with van der Waals surface area (Å²) < 4.78 is 6.41. The molecular formula is C25H33N7O2. The minimum atomic E-state index is 0.217. The number of aromatic nitrogens is 4. The minimum absolute atomic E-state index is 0.217. The summed E-state index contributed by atoms with van der Waals surface area (Å²) in [6.45, 7) is 3.57. The van der Waals surface area contributed by atoms with Crippen molar-refractivity contribution in [3.8, 4) is 5.75 Å². The van der Waals surface area contributed by atoms with Gasteiger partial charge in [-0.1, -0.05) is 18.6 Å². The molecule has 9 heteroatoms. The first-order chi connectivity index (χ1) is 16.7. The molecule has 3 N–H and O–H groups in total. The Hall–Kier alpha value is -3.20. The predicted octanol–water partition coefficient (Wildman–Crippen LogP) is 2.80. The van der Waals surface area contributed by atoms with Crippen molar-refractivity contribution in [2.45, 2.75) is 57.5 Å². The summed E-state index contributed by atoms with van der Waals surface area (Å²) in [5, 5.41) is 0.